The van der Waals surface area contributed by atoms with E-state index in [1.165, 1.54) is 12.3 Å². The van der Waals surface area contributed by atoms with Crippen LogP contribution in [-0.4, -0.2) is 14.5 Å². The van der Waals surface area contributed by atoms with E-state index in [0.717, 1.165) is 4.47 Å². The van der Waals surface area contributed by atoms with Gasteiger partial charge >= 0.3 is 0 Å². The summed E-state index contributed by atoms with van der Waals surface area (Å²) in [7, 11) is 0. The Morgan fingerprint density at radius 1 is 1.45 bits per heavy atom. The summed E-state index contributed by atoms with van der Waals surface area (Å²) in [5, 5.41) is 3.03. The molecule has 2 aromatic rings. The molecule has 1 atom stereocenters. The Hall–Kier alpha value is -1.41. The molecular formula is C14H11BrF3N3S. The van der Waals surface area contributed by atoms with Crippen LogP contribution in [0.1, 0.15) is 30.4 Å². The van der Waals surface area contributed by atoms with E-state index in [1.807, 2.05) is 0 Å². The van der Waals surface area contributed by atoms with Crippen molar-refractivity contribution in [2.75, 3.05) is 0 Å². The number of halogens is 4. The minimum absolute atomic E-state index is 0.222. The van der Waals surface area contributed by atoms with Crippen LogP contribution in [0.4, 0.5) is 13.2 Å². The van der Waals surface area contributed by atoms with E-state index < -0.39 is 17.8 Å². The monoisotopic (exact) mass is 389 g/mol. The van der Waals surface area contributed by atoms with Crippen LogP contribution >= 0.6 is 28.1 Å². The zero-order valence-electron chi connectivity index (χ0n) is 11.4. The molecule has 1 N–H and O–H groups in total. The number of aromatic nitrogens is 2. The van der Waals surface area contributed by atoms with Crippen molar-refractivity contribution in [3.63, 3.8) is 0 Å². The van der Waals surface area contributed by atoms with Gasteiger partial charge in [-0.3, -0.25) is 0 Å². The third kappa shape index (κ3) is 2.54. The highest BCUT2D eigenvalue weighted by molar-refractivity contribution is 9.10. The number of imidazole rings is 1. The average molecular weight is 390 g/mol. The van der Waals surface area contributed by atoms with Crippen molar-refractivity contribution in [3.8, 4) is 0 Å². The number of benzene rings is 1. The molecule has 1 aromatic carbocycles. The molecule has 2 heterocycles. The highest BCUT2D eigenvalue weighted by Crippen LogP contribution is 2.32. The molecule has 1 aliphatic rings. The summed E-state index contributed by atoms with van der Waals surface area (Å²) in [4.78, 5) is 4.06. The van der Waals surface area contributed by atoms with Gasteiger partial charge in [-0.1, -0.05) is 28.1 Å². The number of thiocarbonyl (C=S) groups is 1. The highest BCUT2D eigenvalue weighted by atomic mass is 79.9. The average Bonchev–Trinajstić information content (AvgIpc) is 2.85. The quantitative estimate of drug-likeness (QED) is 0.789. The van der Waals surface area contributed by atoms with Crippen LogP contribution in [0.2, 0.25) is 0 Å². The van der Waals surface area contributed by atoms with Crippen molar-refractivity contribution in [1.82, 2.24) is 14.9 Å². The van der Waals surface area contributed by atoms with Gasteiger partial charge < -0.3 is 9.88 Å². The van der Waals surface area contributed by atoms with Crippen LogP contribution < -0.4 is 5.32 Å². The number of nitrogens with one attached hydrogen (secondary N) is 1. The van der Waals surface area contributed by atoms with E-state index in [0.29, 0.717) is 5.56 Å². The van der Waals surface area contributed by atoms with Gasteiger partial charge in [-0.05, 0) is 25.1 Å². The van der Waals surface area contributed by atoms with Gasteiger partial charge in [0, 0.05) is 16.2 Å². The molecule has 0 saturated carbocycles. The van der Waals surface area contributed by atoms with E-state index >= 15 is 0 Å². The van der Waals surface area contributed by atoms with Crippen LogP contribution in [0.3, 0.4) is 0 Å². The Kier molecular flexibility index (Phi) is 3.76. The molecule has 0 spiro atoms. The fraction of sp³-hybridized carbons (Fsp3) is 0.286. The van der Waals surface area contributed by atoms with Gasteiger partial charge in [0.1, 0.15) is 16.5 Å². The zero-order chi connectivity index (χ0) is 16.1. The Balaban J connectivity index is 2.07. The summed E-state index contributed by atoms with van der Waals surface area (Å²) in [6.07, 6.45) is -1.41. The minimum Gasteiger partial charge on any atom is -0.362 e. The second kappa shape index (κ2) is 5.34. The van der Waals surface area contributed by atoms with Gasteiger partial charge in [0.25, 0.3) is 6.43 Å². The molecule has 0 aliphatic carbocycles. The lowest BCUT2D eigenvalue weighted by molar-refractivity contribution is 0.146. The normalized spacial score (nSPS) is 20.9. The summed E-state index contributed by atoms with van der Waals surface area (Å²) < 4.78 is 42.1. The van der Waals surface area contributed by atoms with E-state index in [1.54, 1.807) is 23.6 Å². The summed E-state index contributed by atoms with van der Waals surface area (Å²) >= 11 is 8.52. The topological polar surface area (TPSA) is 29.9 Å². The number of alkyl halides is 2. The first-order valence-electron chi connectivity index (χ1n) is 6.43. The lowest BCUT2D eigenvalue weighted by Crippen LogP contribution is -2.51. The van der Waals surface area contributed by atoms with Gasteiger partial charge in [-0.2, -0.15) is 0 Å². The SMILES string of the molecule is C[C@@]1(c2cc(Br)ccc2F)Cn2cc(C(F)F)nc2C(=S)N1. The van der Waals surface area contributed by atoms with Crippen LogP contribution in [0, 0.1) is 5.82 Å². The van der Waals surface area contributed by atoms with Crippen molar-refractivity contribution in [2.24, 2.45) is 0 Å². The second-order valence-electron chi connectivity index (χ2n) is 5.33. The van der Waals surface area contributed by atoms with Crippen LogP contribution in [0.5, 0.6) is 0 Å². The lowest BCUT2D eigenvalue weighted by Gasteiger charge is -2.37. The van der Waals surface area contributed by atoms with E-state index in [-0.39, 0.29) is 23.1 Å². The first kappa shape index (κ1) is 15.5. The Labute approximate surface area is 138 Å². The first-order chi connectivity index (χ1) is 10.3. The van der Waals surface area contributed by atoms with Gasteiger partial charge in [-0.25, -0.2) is 18.2 Å². The standard InChI is InChI=1S/C14H11BrF3N3S/c1-14(8-4-7(15)2-3-9(8)16)6-21-5-10(11(17)18)19-12(21)13(22)20-14/h2-5,11H,6H2,1H3,(H,20,22)/t14-/m0/s1. The zero-order valence-corrected chi connectivity index (χ0v) is 13.8. The van der Waals surface area contributed by atoms with E-state index in [2.05, 4.69) is 26.2 Å². The number of fused-ring (bicyclic) bond motifs is 1. The van der Waals surface area contributed by atoms with Crippen LogP contribution in [0.25, 0.3) is 0 Å². The Bertz CT molecular complexity index is 762. The third-order valence-corrected chi connectivity index (χ3v) is 4.40. The molecule has 0 saturated heterocycles. The Morgan fingerprint density at radius 2 is 2.18 bits per heavy atom. The van der Waals surface area contributed by atoms with Crippen molar-refractivity contribution in [3.05, 3.63) is 51.8 Å². The third-order valence-electron chi connectivity index (χ3n) is 3.62. The van der Waals surface area contributed by atoms with Crippen LogP contribution in [-0.2, 0) is 12.1 Å². The summed E-state index contributed by atoms with van der Waals surface area (Å²) in [6.45, 7) is 2.02. The van der Waals surface area contributed by atoms with Crippen molar-refractivity contribution < 1.29 is 13.2 Å². The highest BCUT2D eigenvalue weighted by Gasteiger charge is 2.37. The molecule has 1 aliphatic heterocycles. The molecule has 1 aromatic heterocycles. The largest absolute Gasteiger partial charge is 0.362 e. The van der Waals surface area contributed by atoms with Crippen molar-refractivity contribution in [1.29, 1.82) is 0 Å². The first-order valence-corrected chi connectivity index (χ1v) is 7.63. The summed E-state index contributed by atoms with van der Waals surface area (Å²) in [5.74, 6) is -0.114. The number of nitrogens with zero attached hydrogens (tertiary/aromatic N) is 2. The smallest absolute Gasteiger partial charge is 0.281 e. The van der Waals surface area contributed by atoms with Gasteiger partial charge in [-0.15, -0.1) is 0 Å². The number of hydrogen-bond acceptors (Lipinski definition) is 2. The van der Waals surface area contributed by atoms with E-state index in [4.69, 9.17) is 12.2 Å². The molecule has 0 bridgehead atoms. The molecule has 3 nitrogen and oxygen atoms in total. The molecule has 3 rings (SSSR count). The maximum atomic E-state index is 14.2. The molecular weight excluding hydrogens is 379 g/mol. The fourth-order valence-corrected chi connectivity index (χ4v) is 3.35. The maximum absolute atomic E-state index is 14.2. The predicted octanol–water partition coefficient (Wildman–Crippen LogP) is 3.92. The fourth-order valence-electron chi connectivity index (χ4n) is 2.60. The van der Waals surface area contributed by atoms with Gasteiger partial charge in [0.15, 0.2) is 5.82 Å². The molecule has 8 heteroatoms. The second-order valence-corrected chi connectivity index (χ2v) is 6.65. The maximum Gasteiger partial charge on any atom is 0.281 e. The summed E-state index contributed by atoms with van der Waals surface area (Å²) in [5.41, 5.74) is -0.779. The van der Waals surface area contributed by atoms with E-state index in [9.17, 15) is 13.2 Å². The number of rotatable bonds is 2. The Morgan fingerprint density at radius 3 is 2.86 bits per heavy atom. The molecule has 0 unspecified atom stereocenters. The van der Waals surface area contributed by atoms with Crippen molar-refractivity contribution in [2.45, 2.75) is 25.4 Å². The molecule has 22 heavy (non-hydrogen) atoms. The molecule has 0 fully saturated rings. The van der Waals surface area contributed by atoms with Crippen LogP contribution in [0.15, 0.2) is 28.9 Å². The van der Waals surface area contributed by atoms with Gasteiger partial charge in [0.05, 0.1) is 12.1 Å². The lowest BCUT2D eigenvalue weighted by atomic mass is 9.90. The van der Waals surface area contributed by atoms with Gasteiger partial charge in [0.2, 0.25) is 0 Å². The molecule has 0 radical (unpaired) electrons. The van der Waals surface area contributed by atoms with Crippen molar-refractivity contribution >= 4 is 33.1 Å². The summed E-state index contributed by atoms with van der Waals surface area (Å²) in [6, 6.07) is 4.60. The number of hydrogen-bond donors (Lipinski definition) is 1. The molecule has 116 valence electrons. The minimum atomic E-state index is -2.67. The molecule has 0 amide bonds. The predicted molar refractivity (Wildman–Crippen MR) is 83.5 cm³/mol.